The van der Waals surface area contributed by atoms with Crippen LogP contribution >= 0.6 is 23.1 Å². The number of anilines is 1. The Morgan fingerprint density at radius 1 is 1.03 bits per heavy atom. The lowest BCUT2D eigenvalue weighted by Gasteiger charge is -2.15. The van der Waals surface area contributed by atoms with Crippen LogP contribution in [0.4, 0.5) is 10.8 Å². The number of hydrogen-bond donors (Lipinski definition) is 0. The summed E-state index contributed by atoms with van der Waals surface area (Å²) >= 11 is 2.66. The Balaban J connectivity index is 1.79. The van der Waals surface area contributed by atoms with Crippen LogP contribution in [0.3, 0.4) is 0 Å². The van der Waals surface area contributed by atoms with Crippen molar-refractivity contribution in [3.05, 3.63) is 64.0 Å². The van der Waals surface area contributed by atoms with E-state index in [1.165, 1.54) is 23.1 Å². The zero-order valence-corrected chi connectivity index (χ0v) is 18.2. The van der Waals surface area contributed by atoms with Crippen molar-refractivity contribution in [1.29, 1.82) is 0 Å². The fourth-order valence-electron chi connectivity index (χ4n) is 2.93. The van der Waals surface area contributed by atoms with Gasteiger partial charge in [-0.15, -0.1) is 10.2 Å². The van der Waals surface area contributed by atoms with Crippen molar-refractivity contribution in [2.24, 2.45) is 4.99 Å². The number of carbonyl (C=O) groups is 1. The average molecular weight is 439 g/mol. The van der Waals surface area contributed by atoms with Gasteiger partial charge in [-0.1, -0.05) is 41.7 Å². The molecule has 7 nitrogen and oxygen atoms in total. The number of methoxy groups -OCH3 is 2. The first-order valence-corrected chi connectivity index (χ1v) is 10.6. The van der Waals surface area contributed by atoms with Crippen LogP contribution in [0.25, 0.3) is 6.08 Å². The lowest BCUT2D eigenvalue weighted by atomic mass is 10.1. The van der Waals surface area contributed by atoms with Crippen molar-refractivity contribution < 1.29 is 14.3 Å². The Kier molecular flexibility index (Phi) is 5.82. The third kappa shape index (κ3) is 3.94. The van der Waals surface area contributed by atoms with Crippen molar-refractivity contribution in [3.63, 3.8) is 0 Å². The molecule has 0 spiro atoms. The maximum atomic E-state index is 13.3. The van der Waals surface area contributed by atoms with Gasteiger partial charge in [0.1, 0.15) is 5.01 Å². The maximum absolute atomic E-state index is 13.3. The molecule has 0 atom stereocenters. The molecule has 0 bridgehead atoms. The Hall–Kier alpha value is -3.17. The Labute approximate surface area is 182 Å². The monoisotopic (exact) mass is 438 g/mol. The van der Waals surface area contributed by atoms with Gasteiger partial charge in [0, 0.05) is 5.56 Å². The number of carbonyl (C=O) groups excluding carboxylic acids is 1. The molecule has 4 rings (SSSR count). The quantitative estimate of drug-likeness (QED) is 0.539. The number of ether oxygens (including phenoxy) is 2. The minimum Gasteiger partial charge on any atom is -0.493 e. The predicted molar refractivity (Wildman–Crippen MR) is 121 cm³/mol. The van der Waals surface area contributed by atoms with E-state index in [-0.39, 0.29) is 5.91 Å². The molecule has 0 saturated carbocycles. The van der Waals surface area contributed by atoms with E-state index in [0.717, 1.165) is 16.3 Å². The SMILES string of the molecule is COc1cccc(/C=C2\S/C(=N/c3nnc(C)s3)N(c3ccccc3)C2=O)c1OC. The average Bonchev–Trinajstić information content (AvgIpc) is 3.31. The number of aliphatic imine (C=N–C) groups is 1. The van der Waals surface area contributed by atoms with Crippen LogP contribution in [0.5, 0.6) is 11.5 Å². The number of aryl methyl sites for hydroxylation is 1. The summed E-state index contributed by atoms with van der Waals surface area (Å²) < 4.78 is 10.9. The fraction of sp³-hybridized carbons (Fsp3) is 0.143. The van der Waals surface area contributed by atoms with Gasteiger partial charge in [-0.2, -0.15) is 4.99 Å². The van der Waals surface area contributed by atoms with Gasteiger partial charge in [-0.3, -0.25) is 9.69 Å². The molecule has 0 radical (unpaired) electrons. The standard InChI is InChI=1S/C21H18N4O3S2/c1-13-23-24-20(29-13)22-21-25(15-9-5-4-6-10-15)19(26)17(30-21)12-14-8-7-11-16(27-2)18(14)28-3/h4-12H,1-3H3/b17-12-,22-21+. The summed E-state index contributed by atoms with van der Waals surface area (Å²) in [6, 6.07) is 14.9. The molecule has 3 aromatic rings. The van der Waals surface area contributed by atoms with Crippen molar-refractivity contribution >= 4 is 51.1 Å². The van der Waals surface area contributed by atoms with Gasteiger partial charge in [0.2, 0.25) is 5.13 Å². The minimum atomic E-state index is -0.170. The summed E-state index contributed by atoms with van der Waals surface area (Å²) in [5, 5.41) is 9.91. The van der Waals surface area contributed by atoms with Gasteiger partial charge in [-0.25, -0.2) is 0 Å². The molecule has 0 unspecified atom stereocenters. The van der Waals surface area contributed by atoms with Gasteiger partial charge in [0.05, 0.1) is 24.8 Å². The third-order valence-corrected chi connectivity index (χ3v) is 5.95. The van der Waals surface area contributed by atoms with Crippen LogP contribution in [0, 0.1) is 6.92 Å². The van der Waals surface area contributed by atoms with Crippen LogP contribution in [0.1, 0.15) is 10.6 Å². The molecule has 2 aromatic carbocycles. The number of hydrogen-bond acceptors (Lipinski definition) is 8. The highest BCUT2D eigenvalue weighted by Gasteiger charge is 2.35. The molecule has 152 valence electrons. The van der Waals surface area contributed by atoms with E-state index < -0.39 is 0 Å². The maximum Gasteiger partial charge on any atom is 0.271 e. The van der Waals surface area contributed by atoms with Crippen molar-refractivity contribution in [2.45, 2.75) is 6.92 Å². The fourth-order valence-corrected chi connectivity index (χ4v) is 4.52. The summed E-state index contributed by atoms with van der Waals surface area (Å²) in [4.78, 5) is 20.0. The molecule has 1 aliphatic heterocycles. The summed E-state index contributed by atoms with van der Waals surface area (Å²) in [6.45, 7) is 1.86. The number of benzene rings is 2. The van der Waals surface area contributed by atoms with Crippen molar-refractivity contribution in [1.82, 2.24) is 10.2 Å². The van der Waals surface area contributed by atoms with Gasteiger partial charge in [0.25, 0.3) is 5.91 Å². The second-order valence-corrected chi connectivity index (χ2v) is 8.34. The van der Waals surface area contributed by atoms with Crippen LogP contribution in [0.15, 0.2) is 58.4 Å². The van der Waals surface area contributed by atoms with E-state index >= 15 is 0 Å². The van der Waals surface area contributed by atoms with Gasteiger partial charge >= 0.3 is 0 Å². The molecule has 1 amide bonds. The second kappa shape index (κ2) is 8.68. The number of para-hydroxylation sites is 2. The van der Waals surface area contributed by atoms with Gasteiger partial charge in [-0.05, 0) is 43.0 Å². The van der Waals surface area contributed by atoms with Crippen molar-refractivity contribution in [3.8, 4) is 11.5 Å². The van der Waals surface area contributed by atoms with E-state index in [0.29, 0.717) is 26.7 Å². The normalized spacial score (nSPS) is 16.5. The van der Waals surface area contributed by atoms with Crippen LogP contribution in [0.2, 0.25) is 0 Å². The van der Waals surface area contributed by atoms with Gasteiger partial charge in [0.15, 0.2) is 16.7 Å². The molecule has 0 aliphatic carbocycles. The lowest BCUT2D eigenvalue weighted by Crippen LogP contribution is -2.28. The Bertz CT molecular complexity index is 1140. The van der Waals surface area contributed by atoms with E-state index in [2.05, 4.69) is 15.2 Å². The number of nitrogens with zero attached hydrogens (tertiary/aromatic N) is 4. The van der Waals surface area contributed by atoms with Crippen LogP contribution in [-0.2, 0) is 4.79 Å². The van der Waals surface area contributed by atoms with E-state index in [1.54, 1.807) is 25.2 Å². The number of amides is 1. The minimum absolute atomic E-state index is 0.170. The number of thioether (sulfide) groups is 1. The molecular formula is C21H18N4O3S2. The third-order valence-electron chi connectivity index (χ3n) is 4.25. The highest BCUT2D eigenvalue weighted by atomic mass is 32.2. The van der Waals surface area contributed by atoms with E-state index in [4.69, 9.17) is 9.47 Å². The highest BCUT2D eigenvalue weighted by molar-refractivity contribution is 8.19. The molecular weight excluding hydrogens is 420 g/mol. The van der Waals surface area contributed by atoms with Crippen LogP contribution in [-0.4, -0.2) is 35.5 Å². The lowest BCUT2D eigenvalue weighted by molar-refractivity contribution is -0.113. The first kappa shape index (κ1) is 20.1. The molecule has 0 N–H and O–H groups in total. The largest absolute Gasteiger partial charge is 0.493 e. The summed E-state index contributed by atoms with van der Waals surface area (Å²) in [5.41, 5.74) is 1.48. The number of rotatable bonds is 5. The summed E-state index contributed by atoms with van der Waals surface area (Å²) in [5.74, 6) is 0.994. The number of amidine groups is 1. The van der Waals surface area contributed by atoms with Gasteiger partial charge < -0.3 is 9.47 Å². The Morgan fingerprint density at radius 3 is 2.50 bits per heavy atom. The molecule has 1 aromatic heterocycles. The Morgan fingerprint density at radius 2 is 1.83 bits per heavy atom. The van der Waals surface area contributed by atoms with E-state index in [1.807, 2.05) is 55.5 Å². The zero-order valence-electron chi connectivity index (χ0n) is 16.5. The summed E-state index contributed by atoms with van der Waals surface area (Å²) in [6.07, 6.45) is 1.79. The first-order valence-electron chi connectivity index (χ1n) is 8.99. The molecule has 1 saturated heterocycles. The molecule has 30 heavy (non-hydrogen) atoms. The topological polar surface area (TPSA) is 76.9 Å². The molecule has 1 fully saturated rings. The predicted octanol–water partition coefficient (Wildman–Crippen LogP) is 4.67. The summed E-state index contributed by atoms with van der Waals surface area (Å²) in [7, 11) is 3.15. The number of aromatic nitrogens is 2. The first-order chi connectivity index (χ1) is 14.6. The van der Waals surface area contributed by atoms with E-state index in [9.17, 15) is 4.79 Å². The molecule has 1 aliphatic rings. The smallest absolute Gasteiger partial charge is 0.271 e. The zero-order chi connectivity index (χ0) is 21.1. The molecule has 9 heteroatoms. The van der Waals surface area contributed by atoms with Crippen LogP contribution < -0.4 is 14.4 Å². The second-order valence-electron chi connectivity index (χ2n) is 6.17. The van der Waals surface area contributed by atoms with Crippen molar-refractivity contribution in [2.75, 3.05) is 19.1 Å². The highest BCUT2D eigenvalue weighted by Crippen LogP contribution is 2.40. The molecule has 2 heterocycles.